The van der Waals surface area contributed by atoms with Gasteiger partial charge < -0.3 is 5.32 Å². The first-order chi connectivity index (χ1) is 9.54. The molecule has 0 bridgehead atoms. The summed E-state index contributed by atoms with van der Waals surface area (Å²) >= 11 is 11.8. The third kappa shape index (κ3) is 4.08. The predicted octanol–water partition coefficient (Wildman–Crippen LogP) is 4.78. The zero-order valence-corrected chi connectivity index (χ0v) is 11.8. The number of carbonyl (C=O) groups is 1. The van der Waals surface area contributed by atoms with E-state index < -0.39 is 0 Å². The Hall–Kier alpha value is -1.84. The highest BCUT2D eigenvalue weighted by Crippen LogP contribution is 2.22. The summed E-state index contributed by atoms with van der Waals surface area (Å²) in [5.74, 6) is -0.686. The van der Waals surface area contributed by atoms with Gasteiger partial charge in [0.25, 0.3) is 0 Å². The van der Waals surface area contributed by atoms with Gasteiger partial charge in [-0.15, -0.1) is 0 Å². The Kier molecular flexibility index (Phi) is 4.77. The van der Waals surface area contributed by atoms with E-state index in [9.17, 15) is 9.18 Å². The molecule has 0 spiro atoms. The number of nitrogens with one attached hydrogen (secondary N) is 1. The highest BCUT2D eigenvalue weighted by Gasteiger charge is 2.00. The molecule has 2 aromatic rings. The van der Waals surface area contributed by atoms with Crippen molar-refractivity contribution in [1.29, 1.82) is 0 Å². The quantitative estimate of drug-likeness (QED) is 0.812. The number of rotatable bonds is 3. The summed E-state index contributed by atoms with van der Waals surface area (Å²) in [4.78, 5) is 11.7. The van der Waals surface area contributed by atoms with Crippen LogP contribution in [-0.4, -0.2) is 5.91 Å². The molecule has 1 N–H and O–H groups in total. The molecule has 102 valence electrons. The molecule has 0 aliphatic heterocycles. The molecule has 0 aliphatic carbocycles. The van der Waals surface area contributed by atoms with Gasteiger partial charge >= 0.3 is 0 Å². The Labute approximate surface area is 125 Å². The number of anilines is 1. The fourth-order valence-corrected chi connectivity index (χ4v) is 1.99. The summed E-state index contributed by atoms with van der Waals surface area (Å²) < 4.78 is 12.7. The van der Waals surface area contributed by atoms with Crippen molar-refractivity contribution in [2.45, 2.75) is 0 Å². The molecule has 0 atom stereocenters. The lowest BCUT2D eigenvalue weighted by Gasteiger charge is -2.02. The molecule has 0 aromatic heterocycles. The van der Waals surface area contributed by atoms with E-state index in [0.717, 1.165) is 0 Å². The highest BCUT2D eigenvalue weighted by atomic mass is 35.5. The topological polar surface area (TPSA) is 29.1 Å². The van der Waals surface area contributed by atoms with E-state index in [2.05, 4.69) is 5.32 Å². The smallest absolute Gasteiger partial charge is 0.248 e. The maximum absolute atomic E-state index is 12.7. The molecule has 0 saturated heterocycles. The van der Waals surface area contributed by atoms with Gasteiger partial charge in [-0.3, -0.25) is 4.79 Å². The molecule has 2 nitrogen and oxygen atoms in total. The van der Waals surface area contributed by atoms with Crippen molar-refractivity contribution in [3.8, 4) is 0 Å². The van der Waals surface area contributed by atoms with E-state index in [1.165, 1.54) is 30.3 Å². The van der Waals surface area contributed by atoms with Crippen molar-refractivity contribution in [3.63, 3.8) is 0 Å². The number of carbonyl (C=O) groups excluding carboxylic acids is 1. The van der Waals surface area contributed by atoms with E-state index in [-0.39, 0.29) is 11.7 Å². The van der Waals surface area contributed by atoms with Crippen molar-refractivity contribution in [2.24, 2.45) is 0 Å². The van der Waals surface area contributed by atoms with Crippen LogP contribution in [0.1, 0.15) is 5.56 Å². The Bertz CT molecular complexity index is 653. The second-order valence-corrected chi connectivity index (χ2v) is 4.84. The van der Waals surface area contributed by atoms with E-state index in [1.807, 2.05) is 0 Å². The van der Waals surface area contributed by atoms with Crippen LogP contribution in [0.25, 0.3) is 6.08 Å². The van der Waals surface area contributed by atoms with E-state index >= 15 is 0 Å². The minimum atomic E-state index is -0.355. The molecule has 5 heteroatoms. The van der Waals surface area contributed by atoms with Gasteiger partial charge in [0, 0.05) is 21.8 Å². The molecule has 1 amide bonds. The molecule has 0 aliphatic rings. The monoisotopic (exact) mass is 309 g/mol. The Morgan fingerprint density at radius 3 is 2.45 bits per heavy atom. The van der Waals surface area contributed by atoms with Crippen LogP contribution in [0.5, 0.6) is 0 Å². The number of hydrogen-bond donors (Lipinski definition) is 1. The van der Waals surface area contributed by atoms with Gasteiger partial charge in [0.2, 0.25) is 5.91 Å². The lowest BCUT2D eigenvalue weighted by Crippen LogP contribution is -2.07. The van der Waals surface area contributed by atoms with Crippen molar-refractivity contribution in [2.75, 3.05) is 5.32 Å². The molecule has 0 radical (unpaired) electrons. The van der Waals surface area contributed by atoms with Crippen molar-refractivity contribution in [3.05, 3.63) is 70.0 Å². The second kappa shape index (κ2) is 6.55. The van der Waals surface area contributed by atoms with Crippen LogP contribution < -0.4 is 5.32 Å². The normalized spacial score (nSPS) is 10.8. The summed E-state index contributed by atoms with van der Waals surface area (Å²) in [7, 11) is 0. The number of amides is 1. The summed E-state index contributed by atoms with van der Waals surface area (Å²) in [5, 5.41) is 3.60. The average Bonchev–Trinajstić information content (AvgIpc) is 2.40. The average molecular weight is 310 g/mol. The van der Waals surface area contributed by atoms with Crippen molar-refractivity contribution >= 4 is 40.9 Å². The highest BCUT2D eigenvalue weighted by molar-refractivity contribution is 6.35. The maximum Gasteiger partial charge on any atom is 0.248 e. The SMILES string of the molecule is O=C(/C=C/c1ccc(Cl)cc1Cl)Nc1ccc(F)cc1. The van der Waals surface area contributed by atoms with Crippen LogP contribution in [0.4, 0.5) is 10.1 Å². The van der Waals surface area contributed by atoms with Crippen molar-refractivity contribution < 1.29 is 9.18 Å². The van der Waals surface area contributed by atoms with Gasteiger partial charge in [-0.25, -0.2) is 4.39 Å². The van der Waals surface area contributed by atoms with Crippen LogP contribution in [0.2, 0.25) is 10.0 Å². The Morgan fingerprint density at radius 2 is 1.80 bits per heavy atom. The predicted molar refractivity (Wildman–Crippen MR) is 80.5 cm³/mol. The Morgan fingerprint density at radius 1 is 1.10 bits per heavy atom. The molecular weight excluding hydrogens is 300 g/mol. The van der Waals surface area contributed by atoms with Gasteiger partial charge in [0.05, 0.1) is 0 Å². The third-order valence-corrected chi connectivity index (χ3v) is 3.05. The first-order valence-electron chi connectivity index (χ1n) is 5.74. The van der Waals surface area contributed by atoms with Gasteiger partial charge in [0.15, 0.2) is 0 Å². The standard InChI is InChI=1S/C15H10Cl2FNO/c16-11-3-1-10(14(17)9-11)2-8-15(20)19-13-6-4-12(18)5-7-13/h1-9H,(H,19,20)/b8-2+. The molecule has 0 saturated carbocycles. The van der Waals surface area contributed by atoms with Crippen LogP contribution in [-0.2, 0) is 4.79 Å². The zero-order valence-electron chi connectivity index (χ0n) is 10.2. The molecular formula is C15H10Cl2FNO. The first kappa shape index (κ1) is 14.6. The third-order valence-electron chi connectivity index (χ3n) is 2.49. The van der Waals surface area contributed by atoms with Crippen LogP contribution in [0.15, 0.2) is 48.5 Å². The number of hydrogen-bond acceptors (Lipinski definition) is 1. The second-order valence-electron chi connectivity index (χ2n) is 4.00. The first-order valence-corrected chi connectivity index (χ1v) is 6.50. The maximum atomic E-state index is 12.7. The molecule has 2 rings (SSSR count). The van der Waals surface area contributed by atoms with Crippen LogP contribution in [0, 0.1) is 5.82 Å². The summed E-state index contributed by atoms with van der Waals surface area (Å²) in [6, 6.07) is 10.5. The molecule has 0 unspecified atom stereocenters. The fraction of sp³-hybridized carbons (Fsp3) is 0. The largest absolute Gasteiger partial charge is 0.323 e. The summed E-state index contributed by atoms with van der Waals surface area (Å²) in [5.41, 5.74) is 1.20. The minimum Gasteiger partial charge on any atom is -0.323 e. The molecule has 0 fully saturated rings. The lowest BCUT2D eigenvalue weighted by molar-refractivity contribution is -0.111. The lowest BCUT2D eigenvalue weighted by atomic mass is 10.2. The zero-order chi connectivity index (χ0) is 14.5. The van der Waals surface area contributed by atoms with E-state index in [1.54, 1.807) is 24.3 Å². The molecule has 0 heterocycles. The van der Waals surface area contributed by atoms with Gasteiger partial charge in [-0.05, 0) is 48.0 Å². The summed E-state index contributed by atoms with van der Waals surface area (Å²) in [6.07, 6.45) is 2.93. The molecule has 20 heavy (non-hydrogen) atoms. The van der Waals surface area contributed by atoms with Gasteiger partial charge in [0.1, 0.15) is 5.82 Å². The number of benzene rings is 2. The van der Waals surface area contributed by atoms with Gasteiger partial charge in [-0.2, -0.15) is 0 Å². The van der Waals surface area contributed by atoms with Crippen LogP contribution in [0.3, 0.4) is 0 Å². The van der Waals surface area contributed by atoms with E-state index in [4.69, 9.17) is 23.2 Å². The van der Waals surface area contributed by atoms with E-state index in [0.29, 0.717) is 21.3 Å². The number of halogens is 3. The van der Waals surface area contributed by atoms with Gasteiger partial charge in [-0.1, -0.05) is 29.3 Å². The minimum absolute atomic E-state index is 0.331. The van der Waals surface area contributed by atoms with Crippen molar-refractivity contribution in [1.82, 2.24) is 0 Å². The fourth-order valence-electron chi connectivity index (χ4n) is 1.52. The molecule has 2 aromatic carbocycles. The summed E-state index contributed by atoms with van der Waals surface area (Å²) in [6.45, 7) is 0. The Balaban J connectivity index is 2.03. The van der Waals surface area contributed by atoms with Crippen LogP contribution >= 0.6 is 23.2 Å².